The van der Waals surface area contributed by atoms with Crippen molar-refractivity contribution in [2.45, 2.75) is 5.92 Å². The Morgan fingerprint density at radius 1 is 0.741 bits per heavy atom. The SMILES string of the molecule is O=C(Nc1nonc1-c1ccccc1)C(c1ccccc1)c1ccccc1. The zero-order valence-corrected chi connectivity index (χ0v) is 14.4. The molecule has 4 aromatic rings. The molecular formula is C22H17N3O2. The number of hydrogen-bond acceptors (Lipinski definition) is 4. The van der Waals surface area contributed by atoms with Crippen molar-refractivity contribution in [3.63, 3.8) is 0 Å². The fourth-order valence-corrected chi connectivity index (χ4v) is 3.03. The quantitative estimate of drug-likeness (QED) is 0.572. The Morgan fingerprint density at radius 2 is 1.26 bits per heavy atom. The van der Waals surface area contributed by atoms with Gasteiger partial charge in [-0.25, -0.2) is 4.63 Å². The number of rotatable bonds is 5. The number of nitrogens with zero attached hydrogens (tertiary/aromatic N) is 2. The summed E-state index contributed by atoms with van der Waals surface area (Å²) in [5.74, 6) is -0.351. The first-order chi connectivity index (χ1) is 13.3. The van der Waals surface area contributed by atoms with Gasteiger partial charge in [0.1, 0.15) is 0 Å². The van der Waals surface area contributed by atoms with E-state index in [1.165, 1.54) is 0 Å². The molecule has 0 radical (unpaired) electrons. The Hall–Kier alpha value is -3.73. The second-order valence-electron chi connectivity index (χ2n) is 6.07. The van der Waals surface area contributed by atoms with E-state index in [2.05, 4.69) is 15.6 Å². The Kier molecular flexibility index (Phi) is 4.74. The Labute approximate surface area is 156 Å². The van der Waals surface area contributed by atoms with Crippen LogP contribution in [0.1, 0.15) is 17.0 Å². The van der Waals surface area contributed by atoms with E-state index in [9.17, 15) is 4.79 Å². The van der Waals surface area contributed by atoms with Gasteiger partial charge in [0.25, 0.3) is 0 Å². The first-order valence-electron chi connectivity index (χ1n) is 8.61. The summed E-state index contributed by atoms with van der Waals surface area (Å²) in [5, 5.41) is 10.7. The maximum atomic E-state index is 13.2. The molecule has 132 valence electrons. The van der Waals surface area contributed by atoms with Gasteiger partial charge in [-0.05, 0) is 21.4 Å². The number of anilines is 1. The molecule has 3 aromatic carbocycles. The van der Waals surface area contributed by atoms with Gasteiger partial charge >= 0.3 is 0 Å². The number of carbonyl (C=O) groups excluding carboxylic acids is 1. The second kappa shape index (κ2) is 7.66. The molecule has 27 heavy (non-hydrogen) atoms. The van der Waals surface area contributed by atoms with Crippen LogP contribution in [0.2, 0.25) is 0 Å². The molecule has 0 spiro atoms. The summed E-state index contributed by atoms with van der Waals surface area (Å²) in [6.07, 6.45) is 0. The van der Waals surface area contributed by atoms with E-state index < -0.39 is 5.92 Å². The number of carbonyl (C=O) groups is 1. The molecule has 1 N–H and O–H groups in total. The number of nitrogens with one attached hydrogen (secondary N) is 1. The fraction of sp³-hybridized carbons (Fsp3) is 0.0455. The molecule has 5 heteroatoms. The molecule has 0 unspecified atom stereocenters. The molecule has 1 heterocycles. The van der Waals surface area contributed by atoms with Crippen LogP contribution < -0.4 is 5.32 Å². The van der Waals surface area contributed by atoms with E-state index in [1.54, 1.807) is 0 Å². The normalized spacial score (nSPS) is 10.7. The predicted molar refractivity (Wildman–Crippen MR) is 103 cm³/mol. The highest BCUT2D eigenvalue weighted by Crippen LogP contribution is 2.29. The van der Waals surface area contributed by atoms with Gasteiger partial charge < -0.3 is 5.32 Å². The summed E-state index contributed by atoms with van der Waals surface area (Å²) in [4.78, 5) is 13.2. The standard InChI is InChI=1S/C22H17N3O2/c26-22(23-21-20(24-27-25-21)18-14-8-3-9-15-18)19(16-10-4-1-5-11-16)17-12-6-2-7-13-17/h1-15,19H,(H,23,25,26). The number of aromatic nitrogens is 2. The maximum Gasteiger partial charge on any atom is 0.237 e. The van der Waals surface area contributed by atoms with Gasteiger partial charge in [0.2, 0.25) is 11.7 Å². The van der Waals surface area contributed by atoms with E-state index >= 15 is 0 Å². The van der Waals surface area contributed by atoms with Crippen molar-refractivity contribution < 1.29 is 9.42 Å². The average Bonchev–Trinajstić information content (AvgIpc) is 3.18. The smallest absolute Gasteiger partial charge is 0.237 e. The van der Waals surface area contributed by atoms with Crippen LogP contribution in [-0.2, 0) is 4.79 Å². The molecule has 4 rings (SSSR count). The Bertz CT molecular complexity index is 976. The first kappa shape index (κ1) is 16.7. The van der Waals surface area contributed by atoms with Gasteiger partial charge in [-0.3, -0.25) is 4.79 Å². The first-order valence-corrected chi connectivity index (χ1v) is 8.61. The predicted octanol–water partition coefficient (Wildman–Crippen LogP) is 4.51. The average molecular weight is 355 g/mol. The van der Waals surface area contributed by atoms with Crippen molar-refractivity contribution in [3.8, 4) is 11.3 Å². The van der Waals surface area contributed by atoms with E-state index in [-0.39, 0.29) is 5.91 Å². The minimum atomic E-state index is -0.465. The van der Waals surface area contributed by atoms with E-state index in [0.717, 1.165) is 16.7 Å². The Balaban J connectivity index is 1.67. The zero-order valence-electron chi connectivity index (χ0n) is 14.4. The lowest BCUT2D eigenvalue weighted by molar-refractivity contribution is -0.116. The van der Waals surface area contributed by atoms with Crippen LogP contribution in [0.15, 0.2) is 95.6 Å². The van der Waals surface area contributed by atoms with E-state index in [1.807, 2.05) is 91.0 Å². The lowest BCUT2D eigenvalue weighted by Crippen LogP contribution is -2.22. The fourth-order valence-electron chi connectivity index (χ4n) is 3.03. The van der Waals surface area contributed by atoms with Crippen molar-refractivity contribution in [2.75, 3.05) is 5.32 Å². The molecule has 0 saturated heterocycles. The van der Waals surface area contributed by atoms with Crippen molar-refractivity contribution in [1.82, 2.24) is 10.3 Å². The summed E-state index contributed by atoms with van der Waals surface area (Å²) < 4.78 is 4.88. The van der Waals surface area contributed by atoms with Crippen LogP contribution in [0.3, 0.4) is 0 Å². The molecule has 0 atom stereocenters. The highest BCUT2D eigenvalue weighted by Gasteiger charge is 2.25. The largest absolute Gasteiger partial charge is 0.305 e. The van der Waals surface area contributed by atoms with Crippen LogP contribution in [0.25, 0.3) is 11.3 Å². The highest BCUT2D eigenvalue weighted by atomic mass is 16.6. The van der Waals surface area contributed by atoms with Crippen molar-refractivity contribution >= 4 is 11.7 Å². The molecule has 0 bridgehead atoms. The third-order valence-corrected chi connectivity index (χ3v) is 4.31. The molecule has 0 aliphatic carbocycles. The zero-order chi connectivity index (χ0) is 18.5. The van der Waals surface area contributed by atoms with Gasteiger partial charge in [0.15, 0.2) is 5.69 Å². The van der Waals surface area contributed by atoms with E-state index in [0.29, 0.717) is 11.5 Å². The van der Waals surface area contributed by atoms with Crippen LogP contribution in [0.5, 0.6) is 0 Å². The lowest BCUT2D eigenvalue weighted by Gasteiger charge is -2.17. The van der Waals surface area contributed by atoms with Crippen molar-refractivity contribution in [1.29, 1.82) is 0 Å². The maximum absolute atomic E-state index is 13.2. The van der Waals surface area contributed by atoms with Crippen molar-refractivity contribution in [3.05, 3.63) is 102 Å². The Morgan fingerprint density at radius 3 is 1.81 bits per heavy atom. The van der Waals surface area contributed by atoms with Gasteiger partial charge in [-0.15, -0.1) is 0 Å². The summed E-state index contributed by atoms with van der Waals surface area (Å²) in [5.41, 5.74) is 3.13. The molecule has 0 saturated carbocycles. The molecule has 1 amide bonds. The molecule has 0 aliphatic heterocycles. The van der Waals surface area contributed by atoms with Crippen molar-refractivity contribution in [2.24, 2.45) is 0 Å². The van der Waals surface area contributed by atoms with Gasteiger partial charge in [-0.1, -0.05) is 91.0 Å². The number of benzene rings is 3. The summed E-state index contributed by atoms with van der Waals surface area (Å²) in [7, 11) is 0. The molecule has 1 aromatic heterocycles. The van der Waals surface area contributed by atoms with Crippen LogP contribution in [0, 0.1) is 0 Å². The summed E-state index contributed by atoms with van der Waals surface area (Å²) >= 11 is 0. The highest BCUT2D eigenvalue weighted by molar-refractivity contribution is 5.99. The molecule has 5 nitrogen and oxygen atoms in total. The van der Waals surface area contributed by atoms with E-state index in [4.69, 9.17) is 4.63 Å². The number of hydrogen-bond donors (Lipinski definition) is 1. The number of amides is 1. The van der Waals surface area contributed by atoms with Crippen LogP contribution in [-0.4, -0.2) is 16.2 Å². The summed E-state index contributed by atoms with van der Waals surface area (Å²) in [6, 6.07) is 28.8. The topological polar surface area (TPSA) is 68.0 Å². The third kappa shape index (κ3) is 3.62. The van der Waals surface area contributed by atoms with Gasteiger partial charge in [0.05, 0.1) is 5.92 Å². The minimum Gasteiger partial charge on any atom is -0.305 e. The van der Waals surface area contributed by atoms with Crippen LogP contribution in [0.4, 0.5) is 5.82 Å². The summed E-state index contributed by atoms with van der Waals surface area (Å²) in [6.45, 7) is 0. The van der Waals surface area contributed by atoms with Gasteiger partial charge in [-0.2, -0.15) is 0 Å². The van der Waals surface area contributed by atoms with Gasteiger partial charge in [0, 0.05) is 5.56 Å². The molecular weight excluding hydrogens is 338 g/mol. The van der Waals surface area contributed by atoms with Crippen LogP contribution >= 0.6 is 0 Å². The second-order valence-corrected chi connectivity index (χ2v) is 6.07. The third-order valence-electron chi connectivity index (χ3n) is 4.31. The monoisotopic (exact) mass is 355 g/mol. The minimum absolute atomic E-state index is 0.194. The molecule has 0 fully saturated rings. The lowest BCUT2D eigenvalue weighted by atomic mass is 9.90. The molecule has 0 aliphatic rings.